The number of H-pyrrole nitrogens is 4. The van der Waals surface area contributed by atoms with Crippen LogP contribution in [0, 0.1) is 10.1 Å². The smallest absolute Gasteiger partial charge is 0.870 e. The zero-order valence-electron chi connectivity index (χ0n) is 60.2. The van der Waals surface area contributed by atoms with E-state index in [1.165, 1.54) is 51.4 Å². The number of ether oxygens (including phenoxy) is 6. The molecule has 0 radical (unpaired) electrons. The number of nitrogens with two attached hydrogens (primary N) is 1. The first-order valence-corrected chi connectivity index (χ1v) is 36.4. The molecular formula is C70H66BCl6N13NaO20P. The summed E-state index contributed by atoms with van der Waals surface area (Å²) < 4.78 is 39.2. The first-order chi connectivity index (χ1) is 52.2. The van der Waals surface area contributed by atoms with E-state index >= 15 is 0 Å². The summed E-state index contributed by atoms with van der Waals surface area (Å²) in [6.07, 6.45) is 6.32. The zero-order chi connectivity index (χ0) is 81.4. The van der Waals surface area contributed by atoms with Gasteiger partial charge in [0.2, 0.25) is 10.6 Å². The van der Waals surface area contributed by atoms with Crippen LogP contribution in [0.15, 0.2) is 208 Å². The van der Waals surface area contributed by atoms with Crippen LogP contribution in [0.25, 0.3) is 55.0 Å². The number of aromatic carboxylic acids is 2. The van der Waals surface area contributed by atoms with E-state index in [9.17, 15) is 43.4 Å². The van der Waals surface area contributed by atoms with Gasteiger partial charge in [-0.1, -0.05) is 35.9 Å². The molecule has 0 saturated heterocycles. The Balaban J connectivity index is 0.000000331. The number of pyridine rings is 2. The topological polar surface area (TPSA) is 499 Å². The Morgan fingerprint density at radius 1 is 0.536 bits per heavy atom. The molecule has 582 valence electrons. The summed E-state index contributed by atoms with van der Waals surface area (Å²) >= 11 is 31.0. The molecule has 11 N–H and O–H groups in total. The van der Waals surface area contributed by atoms with Crippen molar-refractivity contribution in [3.8, 4) is 45.9 Å². The third kappa shape index (κ3) is 31.1. The average molecular weight is 1690 g/mol. The van der Waals surface area contributed by atoms with Crippen molar-refractivity contribution in [2.45, 2.75) is 0 Å². The summed E-state index contributed by atoms with van der Waals surface area (Å²) in [7, 11) is 11.7. The number of benzene rings is 7. The minimum Gasteiger partial charge on any atom is -0.870 e. The summed E-state index contributed by atoms with van der Waals surface area (Å²) in [4.78, 5) is 112. The van der Waals surface area contributed by atoms with E-state index in [1.54, 1.807) is 137 Å². The van der Waals surface area contributed by atoms with Crippen LogP contribution in [0.1, 0.15) is 20.7 Å². The Bertz CT molecular complexity index is 5530. The Hall–Kier alpha value is -10.9. The van der Waals surface area contributed by atoms with Gasteiger partial charge in [-0.25, -0.2) is 34.3 Å². The number of carbonyl (C=O) groups is 2. The van der Waals surface area contributed by atoms with Gasteiger partial charge < -0.3 is 74.8 Å². The van der Waals surface area contributed by atoms with Gasteiger partial charge in [0.25, 0.3) is 22.4 Å². The zero-order valence-corrected chi connectivity index (χ0v) is 67.6. The summed E-state index contributed by atoms with van der Waals surface area (Å²) in [5, 5.41) is 44.3. The first kappa shape index (κ1) is 95.3. The number of nitrogens with one attached hydrogen (secondary N) is 4. The second kappa shape index (κ2) is 47.3. The van der Waals surface area contributed by atoms with Crippen molar-refractivity contribution >= 4 is 159 Å². The molecule has 42 heteroatoms. The third-order valence-corrected chi connectivity index (χ3v) is 14.5. The second-order valence-corrected chi connectivity index (χ2v) is 29.0. The molecule has 0 aliphatic rings. The van der Waals surface area contributed by atoms with Crippen molar-refractivity contribution in [3.05, 3.63) is 267 Å². The Kier molecular flexibility index (Phi) is 40.2. The maximum Gasteiger partial charge on any atom is 1.00 e. The number of aromatic nitrogens is 10. The summed E-state index contributed by atoms with van der Waals surface area (Å²) in [6, 6.07) is 45.7. The number of carboxylic acid groups (broad SMARTS) is 2. The van der Waals surface area contributed by atoms with Crippen LogP contribution in [0.4, 0.5) is 17.1 Å². The fraction of sp³-hybridized carbons (Fsp3) is 0.114. The predicted molar refractivity (Wildman–Crippen MR) is 427 cm³/mol. The molecule has 0 aliphatic heterocycles. The van der Waals surface area contributed by atoms with Crippen LogP contribution in [0.2, 0.25) is 15.7 Å². The number of para-hydroxylation sites is 1. The van der Waals surface area contributed by atoms with Crippen molar-refractivity contribution in [2.24, 2.45) is 0 Å². The molecule has 6 aromatic heterocycles. The number of fused-ring (bicyclic) bond motifs is 4. The molecule has 0 saturated carbocycles. The standard InChI is InChI=1S/C14H11N3O2.C9H6Cl2N2O.C9H7ClN2O2.C9H8N2O3.C8H7NO5.C8H9NO3.C8H11N.C5H6BNO2.Cl3OP.Na.H2O/c1-19-10-4-5-12-11(7-10)14(18)17-13(16-12)9-3-2-6-15-8-9;1-14-5-2-3-7-6(4-5)8(10)13-9(11)12-7;1-14-5-2-3-7-6(4-5)8(13)12-9(10)11-7;1-14-5-2-3-7-6(4-5)8(12)11-9(13)10-7;1-14-5-2-3-7(9(12)13)6(4-5)8(10)11;1-12-5-2-3-7(9)6(4-5)8(10)11;1-9(2)8-6-4-3-5-7-8;8-6(9)5-2-1-3-7-4-5;1-5(2,3)4;;/h2-8H,1H3,(H,16,17,18);2-4H,1H3;2-4H,1H3,(H,11,12,13);2-4H,1H3,(H2,10,11,12,13);2-4H,1H3,(H,10,11);2-4H,9H2,1H3,(H,10,11);3-7H,1-2H3;1-4,8-9H;;;1H2/q;;;;;;;;;+1;/p-1. The molecule has 0 atom stereocenters. The molecule has 0 aliphatic carbocycles. The van der Waals surface area contributed by atoms with E-state index in [0.717, 1.165) is 23.1 Å². The van der Waals surface area contributed by atoms with Crippen molar-refractivity contribution in [3.63, 3.8) is 0 Å². The van der Waals surface area contributed by atoms with Crippen LogP contribution in [0.5, 0.6) is 34.5 Å². The van der Waals surface area contributed by atoms with Crippen LogP contribution in [-0.2, 0) is 4.57 Å². The number of nitro benzene ring substituents is 1. The van der Waals surface area contributed by atoms with E-state index < -0.39 is 46.1 Å². The molecule has 112 heavy (non-hydrogen) atoms. The molecule has 6 heterocycles. The average Bonchev–Trinajstić information content (AvgIpc) is 0.805. The molecule has 0 fully saturated rings. The van der Waals surface area contributed by atoms with Gasteiger partial charge in [0.05, 0.1) is 91.4 Å². The fourth-order valence-corrected chi connectivity index (χ4v) is 9.24. The number of hydrogen-bond donors (Lipinski definition) is 9. The van der Waals surface area contributed by atoms with Gasteiger partial charge in [-0.05, 0) is 184 Å². The molecule has 0 spiro atoms. The van der Waals surface area contributed by atoms with Gasteiger partial charge in [0.1, 0.15) is 51.0 Å². The minimum atomic E-state index is -3.22. The van der Waals surface area contributed by atoms with Gasteiger partial charge in [-0.15, -0.1) is 0 Å². The second-order valence-electron chi connectivity index (χ2n) is 21.3. The summed E-state index contributed by atoms with van der Waals surface area (Å²) in [6.45, 7) is 0. The van der Waals surface area contributed by atoms with E-state index in [2.05, 4.69) is 101 Å². The molecule has 33 nitrogen and oxygen atoms in total. The summed E-state index contributed by atoms with van der Waals surface area (Å²) in [5.74, 6) is 1.41. The number of nitrogens with zero attached hydrogens (tertiary/aromatic N) is 8. The Morgan fingerprint density at radius 2 is 0.973 bits per heavy atom. The first-order valence-electron chi connectivity index (χ1n) is 30.8. The normalized spacial score (nSPS) is 9.89. The van der Waals surface area contributed by atoms with Crippen molar-refractivity contribution < 1.29 is 103 Å². The number of nitro groups is 1. The molecule has 13 rings (SSSR count). The third-order valence-electron chi connectivity index (χ3n) is 13.9. The van der Waals surface area contributed by atoms with Crippen molar-refractivity contribution in [1.82, 2.24) is 49.8 Å². The molecule has 0 unspecified atom stereocenters. The number of rotatable bonds is 12. The van der Waals surface area contributed by atoms with E-state index in [0.29, 0.717) is 83.4 Å². The Labute approximate surface area is 686 Å². The quantitative estimate of drug-likeness (QED) is 0.0105. The van der Waals surface area contributed by atoms with Gasteiger partial charge in [0, 0.05) is 78.8 Å². The van der Waals surface area contributed by atoms with E-state index in [4.69, 9.17) is 89.2 Å². The minimum absolute atomic E-state index is 0. The molecule has 0 bridgehead atoms. The molecule has 13 aromatic rings. The maximum atomic E-state index is 12.1. The van der Waals surface area contributed by atoms with Crippen LogP contribution in [-0.4, -0.2) is 156 Å². The Morgan fingerprint density at radius 3 is 1.43 bits per heavy atom. The fourth-order valence-electron chi connectivity index (χ4n) is 8.62. The van der Waals surface area contributed by atoms with E-state index in [1.807, 2.05) is 38.4 Å². The van der Waals surface area contributed by atoms with Crippen LogP contribution < -0.4 is 96.4 Å². The SMILES string of the molecule is CN(C)c1ccccc1.COc1ccc(N)c(C(=O)O)c1.COc1ccc([N+](=O)[O-])c(C(=O)O)c1.COc1ccc2[nH]c(=O)[nH]c(=O)c2c1.COc1ccc2nc(-c3cccnc3)[nH]c(=O)c2c1.COc1ccc2nc(Cl)[nH]c(=O)c2c1.COc1ccc2nc(Cl)nc(Cl)c2c1.O=P(Cl)(Cl)Cl.OB(O)c1cccnc1.[Na+].[OH-]. The monoisotopic (exact) mass is 1680 g/mol. The van der Waals surface area contributed by atoms with Crippen LogP contribution in [0.3, 0.4) is 0 Å². The number of methoxy groups -OCH3 is 6. The van der Waals surface area contributed by atoms with Gasteiger partial charge in [-0.2, -0.15) is 0 Å². The number of hydrogen-bond acceptors (Lipinski definition) is 26. The number of halogens is 6. The van der Waals surface area contributed by atoms with E-state index in [-0.39, 0.29) is 79.3 Å². The largest absolute Gasteiger partial charge is 1.00 e. The molecule has 0 amide bonds. The van der Waals surface area contributed by atoms with Gasteiger partial charge in [-0.3, -0.25) is 49.0 Å². The maximum absolute atomic E-state index is 12.1. The van der Waals surface area contributed by atoms with Gasteiger partial charge in [0.15, 0.2) is 0 Å². The number of carboxylic acids is 2. The number of aromatic amines is 4. The number of anilines is 2. The molecule has 7 aromatic carbocycles. The summed E-state index contributed by atoms with van der Waals surface area (Å²) in [5.41, 5.74) is 8.33. The molecular weight excluding hydrogens is 1620 g/mol. The predicted octanol–water partition coefficient (Wildman–Crippen LogP) is 9.18. The van der Waals surface area contributed by atoms with Crippen molar-refractivity contribution in [1.29, 1.82) is 0 Å². The van der Waals surface area contributed by atoms with Crippen molar-refractivity contribution in [2.75, 3.05) is 67.4 Å². The van der Waals surface area contributed by atoms with Crippen LogP contribution >= 0.6 is 73.7 Å². The number of nitrogen functional groups attached to an aromatic ring is 1. The van der Waals surface area contributed by atoms with Gasteiger partial charge >= 0.3 is 59.5 Å².